The third-order valence-corrected chi connectivity index (χ3v) is 5.31. The van der Waals surface area contributed by atoms with E-state index in [9.17, 15) is 4.79 Å². The van der Waals surface area contributed by atoms with E-state index in [0.29, 0.717) is 12.2 Å². The minimum Gasteiger partial charge on any atom is -0.285 e. The van der Waals surface area contributed by atoms with Crippen molar-refractivity contribution in [2.45, 2.75) is 6.42 Å². The number of anilines is 1. The summed E-state index contributed by atoms with van der Waals surface area (Å²) < 4.78 is 3.49. The fourth-order valence-corrected chi connectivity index (χ4v) is 4.31. The molecule has 0 saturated heterocycles. The van der Waals surface area contributed by atoms with Gasteiger partial charge in [0.1, 0.15) is 0 Å². The number of amides is 1. The lowest BCUT2D eigenvalue weighted by molar-refractivity contribution is 0.0732. The average Bonchev–Trinajstić information content (AvgIpc) is 2.99. The van der Waals surface area contributed by atoms with Crippen LogP contribution >= 0.6 is 31.9 Å². The van der Waals surface area contributed by atoms with E-state index in [1.807, 2.05) is 48.6 Å². The van der Waals surface area contributed by atoms with E-state index in [2.05, 4.69) is 43.0 Å². The van der Waals surface area contributed by atoms with Gasteiger partial charge in [-0.25, -0.2) is 9.52 Å². The summed E-state index contributed by atoms with van der Waals surface area (Å²) in [6, 6.07) is 11.9. The van der Waals surface area contributed by atoms with Gasteiger partial charge in [0.25, 0.3) is 5.91 Å². The van der Waals surface area contributed by atoms with Gasteiger partial charge in [-0.15, -0.1) is 0 Å². The molecule has 1 aliphatic rings. The average molecular weight is 450 g/mol. The van der Waals surface area contributed by atoms with Crippen LogP contribution in [0.4, 0.5) is 5.69 Å². The van der Waals surface area contributed by atoms with Gasteiger partial charge in [-0.1, -0.05) is 18.2 Å². The van der Waals surface area contributed by atoms with Crippen LogP contribution in [0.5, 0.6) is 0 Å². The standard InChI is InChI=1S/C17H14Br2N4O/c1-21-15-5-3-2-4-11(15)6-7-23(21)17(24)14-9-16-13(19)8-12(18)10-22(16)20-14/h2-5,8-10H,6-7H2,1H3. The van der Waals surface area contributed by atoms with Crippen molar-refractivity contribution in [3.8, 4) is 0 Å². The van der Waals surface area contributed by atoms with Crippen molar-refractivity contribution < 1.29 is 4.79 Å². The van der Waals surface area contributed by atoms with Crippen LogP contribution in [-0.2, 0) is 6.42 Å². The number of benzene rings is 1. The predicted octanol–water partition coefficient (Wildman–Crippen LogP) is 3.91. The summed E-state index contributed by atoms with van der Waals surface area (Å²) in [6.07, 6.45) is 2.68. The quantitative estimate of drug-likeness (QED) is 0.565. The molecule has 1 aromatic carbocycles. The summed E-state index contributed by atoms with van der Waals surface area (Å²) in [4.78, 5) is 13.0. The Hall–Kier alpha value is -1.86. The highest BCUT2D eigenvalue weighted by Crippen LogP contribution is 2.28. The first kappa shape index (κ1) is 15.7. The minimum absolute atomic E-state index is 0.0984. The number of hydrogen-bond donors (Lipinski definition) is 0. The van der Waals surface area contributed by atoms with Gasteiger partial charge in [-0.05, 0) is 62.0 Å². The molecule has 1 aliphatic heterocycles. The molecule has 0 radical (unpaired) electrons. The Morgan fingerprint density at radius 2 is 2.00 bits per heavy atom. The molecule has 0 unspecified atom stereocenters. The molecular formula is C17H14Br2N4O. The lowest BCUT2D eigenvalue weighted by Crippen LogP contribution is -2.48. The van der Waals surface area contributed by atoms with Gasteiger partial charge in [0.15, 0.2) is 5.69 Å². The minimum atomic E-state index is -0.0984. The Bertz CT molecular complexity index is 953. The number of fused-ring (bicyclic) bond motifs is 2. The number of pyridine rings is 1. The highest BCUT2D eigenvalue weighted by atomic mass is 79.9. The Morgan fingerprint density at radius 1 is 1.21 bits per heavy atom. The molecule has 122 valence electrons. The van der Waals surface area contributed by atoms with Crippen molar-refractivity contribution >= 4 is 49.0 Å². The van der Waals surface area contributed by atoms with Gasteiger partial charge >= 0.3 is 0 Å². The van der Waals surface area contributed by atoms with Gasteiger partial charge in [-0.2, -0.15) is 5.10 Å². The molecular weight excluding hydrogens is 436 g/mol. The molecule has 1 amide bonds. The molecule has 3 aromatic rings. The summed E-state index contributed by atoms with van der Waals surface area (Å²) >= 11 is 6.95. The van der Waals surface area contributed by atoms with Crippen molar-refractivity contribution in [3.63, 3.8) is 0 Å². The van der Waals surface area contributed by atoms with Gasteiger partial charge in [0.2, 0.25) is 0 Å². The zero-order valence-corrected chi connectivity index (χ0v) is 16.1. The maximum absolute atomic E-state index is 13.0. The van der Waals surface area contributed by atoms with Crippen LogP contribution in [0.2, 0.25) is 0 Å². The largest absolute Gasteiger partial charge is 0.292 e. The first-order chi connectivity index (χ1) is 11.5. The number of rotatable bonds is 1. The normalized spacial score (nSPS) is 14.1. The van der Waals surface area contributed by atoms with Crippen LogP contribution < -0.4 is 5.01 Å². The first-order valence-corrected chi connectivity index (χ1v) is 9.11. The van der Waals surface area contributed by atoms with Gasteiger partial charge in [0, 0.05) is 28.7 Å². The van der Waals surface area contributed by atoms with E-state index in [1.165, 1.54) is 5.56 Å². The van der Waals surface area contributed by atoms with Crippen molar-refractivity contribution in [2.75, 3.05) is 18.6 Å². The molecule has 24 heavy (non-hydrogen) atoms. The van der Waals surface area contributed by atoms with E-state index in [0.717, 1.165) is 26.6 Å². The molecule has 0 aliphatic carbocycles. The fraction of sp³-hybridized carbons (Fsp3) is 0.176. The van der Waals surface area contributed by atoms with E-state index >= 15 is 0 Å². The lowest BCUT2D eigenvalue weighted by atomic mass is 10.1. The number of nitrogens with zero attached hydrogens (tertiary/aromatic N) is 4. The van der Waals surface area contributed by atoms with Crippen LogP contribution in [0.3, 0.4) is 0 Å². The van der Waals surface area contributed by atoms with Gasteiger partial charge in [0.05, 0.1) is 11.2 Å². The number of carbonyl (C=O) groups excluding carboxylic acids is 1. The van der Waals surface area contributed by atoms with Crippen molar-refractivity contribution in [3.05, 3.63) is 62.8 Å². The predicted molar refractivity (Wildman–Crippen MR) is 100 cm³/mol. The zero-order valence-electron chi connectivity index (χ0n) is 12.9. The second-order valence-corrected chi connectivity index (χ2v) is 7.47. The SMILES string of the molecule is CN1c2ccccc2CCN1C(=O)c1cc2c(Br)cc(Br)cn2n1. The third kappa shape index (κ3) is 2.52. The van der Waals surface area contributed by atoms with Gasteiger partial charge < -0.3 is 0 Å². The van der Waals surface area contributed by atoms with E-state index in [-0.39, 0.29) is 5.91 Å². The van der Waals surface area contributed by atoms with Crippen molar-refractivity contribution in [1.82, 2.24) is 14.6 Å². The van der Waals surface area contributed by atoms with Crippen LogP contribution in [0.25, 0.3) is 5.52 Å². The van der Waals surface area contributed by atoms with Crippen LogP contribution in [0, 0.1) is 0 Å². The first-order valence-electron chi connectivity index (χ1n) is 7.52. The molecule has 3 heterocycles. The summed E-state index contributed by atoms with van der Waals surface area (Å²) in [7, 11) is 1.91. The molecule has 0 atom stereocenters. The van der Waals surface area contributed by atoms with Gasteiger partial charge in [-0.3, -0.25) is 9.80 Å². The third-order valence-electron chi connectivity index (χ3n) is 4.24. The molecule has 0 fully saturated rings. The fourth-order valence-electron chi connectivity index (χ4n) is 3.04. The Labute approximate surface area is 156 Å². The summed E-state index contributed by atoms with van der Waals surface area (Å²) in [6.45, 7) is 0.644. The van der Waals surface area contributed by atoms with Crippen molar-refractivity contribution in [2.24, 2.45) is 0 Å². The lowest BCUT2D eigenvalue weighted by Gasteiger charge is -2.38. The monoisotopic (exact) mass is 448 g/mol. The number of hydrogen-bond acceptors (Lipinski definition) is 3. The summed E-state index contributed by atoms with van der Waals surface area (Å²) in [5.41, 5.74) is 3.61. The molecule has 0 bridgehead atoms. The smallest absolute Gasteiger partial charge is 0.285 e. The second kappa shape index (κ2) is 5.89. The summed E-state index contributed by atoms with van der Waals surface area (Å²) in [5.74, 6) is -0.0984. The zero-order chi connectivity index (χ0) is 16.8. The maximum atomic E-state index is 13.0. The molecule has 0 N–H and O–H groups in total. The van der Waals surface area contributed by atoms with E-state index in [1.54, 1.807) is 9.52 Å². The number of aromatic nitrogens is 2. The number of halogens is 2. The highest BCUT2D eigenvalue weighted by molar-refractivity contribution is 9.11. The number of hydrazine groups is 1. The molecule has 0 saturated carbocycles. The Kier molecular flexibility index (Phi) is 3.85. The second-order valence-electron chi connectivity index (χ2n) is 5.70. The maximum Gasteiger partial charge on any atom is 0.292 e. The van der Waals surface area contributed by atoms with Crippen LogP contribution in [0.1, 0.15) is 16.1 Å². The van der Waals surface area contributed by atoms with E-state index in [4.69, 9.17) is 0 Å². The Balaban J connectivity index is 1.71. The highest BCUT2D eigenvalue weighted by Gasteiger charge is 2.27. The van der Waals surface area contributed by atoms with E-state index < -0.39 is 0 Å². The Morgan fingerprint density at radius 3 is 2.83 bits per heavy atom. The molecule has 2 aromatic heterocycles. The summed E-state index contributed by atoms with van der Waals surface area (Å²) in [5, 5.41) is 8.09. The molecule has 0 spiro atoms. The van der Waals surface area contributed by atoms with Crippen LogP contribution in [-0.4, -0.2) is 34.1 Å². The number of carbonyl (C=O) groups is 1. The molecule has 5 nitrogen and oxygen atoms in total. The van der Waals surface area contributed by atoms with Crippen molar-refractivity contribution in [1.29, 1.82) is 0 Å². The molecule has 7 heteroatoms. The topological polar surface area (TPSA) is 40.9 Å². The van der Waals surface area contributed by atoms with Crippen LogP contribution in [0.15, 0.2) is 51.5 Å². The molecule has 4 rings (SSSR count). The number of para-hydroxylation sites is 1.